The second-order valence-electron chi connectivity index (χ2n) is 6.23. The number of carbonyl (C=O) groups excluding carboxylic acids is 2. The van der Waals surface area contributed by atoms with Gasteiger partial charge in [0.05, 0.1) is 12.6 Å². The number of urea groups is 1. The third-order valence-electron chi connectivity index (χ3n) is 4.17. The predicted molar refractivity (Wildman–Crippen MR) is 101 cm³/mol. The van der Waals surface area contributed by atoms with Gasteiger partial charge in [0.15, 0.2) is 0 Å². The summed E-state index contributed by atoms with van der Waals surface area (Å²) < 4.78 is 11.1. The number of rotatable bonds is 6. The molecule has 1 saturated heterocycles. The molecule has 1 fully saturated rings. The van der Waals surface area contributed by atoms with Gasteiger partial charge in [-0.15, -0.1) is 0 Å². The van der Waals surface area contributed by atoms with Crippen LogP contribution in [-0.2, 0) is 9.53 Å². The number of benzene rings is 2. The smallest absolute Gasteiger partial charge is 0.319 e. The fraction of sp³-hybridized carbons (Fsp3) is 0.238. The molecular formula is C21H22N2O4. The molecule has 1 aliphatic heterocycles. The molecule has 2 aromatic rings. The van der Waals surface area contributed by atoms with E-state index in [1.165, 1.54) is 0 Å². The van der Waals surface area contributed by atoms with E-state index in [0.717, 1.165) is 12.0 Å². The van der Waals surface area contributed by atoms with Crippen LogP contribution in [0.4, 0.5) is 4.79 Å². The Morgan fingerprint density at radius 2 is 1.85 bits per heavy atom. The lowest BCUT2D eigenvalue weighted by atomic mass is 9.89. The summed E-state index contributed by atoms with van der Waals surface area (Å²) in [7, 11) is 0. The molecule has 0 spiro atoms. The minimum atomic E-state index is -0.721. The number of hydrogen-bond donors (Lipinski definition) is 2. The number of amides is 2. The van der Waals surface area contributed by atoms with Crippen molar-refractivity contribution >= 4 is 12.0 Å². The van der Waals surface area contributed by atoms with Crippen molar-refractivity contribution in [2.45, 2.75) is 19.4 Å². The Balaban J connectivity index is 1.86. The van der Waals surface area contributed by atoms with Crippen molar-refractivity contribution in [1.29, 1.82) is 0 Å². The summed E-state index contributed by atoms with van der Waals surface area (Å²) in [6, 6.07) is 15.7. The van der Waals surface area contributed by atoms with E-state index in [4.69, 9.17) is 9.47 Å². The van der Waals surface area contributed by atoms with Crippen LogP contribution in [0.15, 0.2) is 66.9 Å². The summed E-state index contributed by atoms with van der Waals surface area (Å²) in [5.74, 6) is 0.167. The summed E-state index contributed by atoms with van der Waals surface area (Å²) >= 11 is 0. The molecule has 1 aliphatic rings. The van der Waals surface area contributed by atoms with Crippen molar-refractivity contribution in [2.24, 2.45) is 5.92 Å². The van der Waals surface area contributed by atoms with Crippen LogP contribution in [0.3, 0.4) is 0 Å². The van der Waals surface area contributed by atoms with E-state index in [1.807, 2.05) is 55.5 Å². The van der Waals surface area contributed by atoms with Gasteiger partial charge in [0, 0.05) is 5.70 Å². The topological polar surface area (TPSA) is 76.7 Å². The average molecular weight is 366 g/mol. The van der Waals surface area contributed by atoms with Gasteiger partial charge in [-0.05, 0) is 36.2 Å². The Labute approximate surface area is 158 Å². The normalized spacial score (nSPS) is 19.0. The second kappa shape index (κ2) is 8.40. The maximum Gasteiger partial charge on any atom is 0.319 e. The Morgan fingerprint density at radius 1 is 1.11 bits per heavy atom. The van der Waals surface area contributed by atoms with E-state index in [9.17, 15) is 9.59 Å². The molecule has 2 aromatic carbocycles. The molecular weight excluding hydrogens is 344 g/mol. The van der Waals surface area contributed by atoms with Crippen LogP contribution in [0.25, 0.3) is 0 Å². The highest BCUT2D eigenvalue weighted by Crippen LogP contribution is 2.33. The van der Waals surface area contributed by atoms with E-state index in [1.54, 1.807) is 6.07 Å². The Hall–Kier alpha value is -3.28. The molecule has 1 heterocycles. The fourth-order valence-corrected chi connectivity index (χ4v) is 2.93. The Bertz CT molecular complexity index is 835. The van der Waals surface area contributed by atoms with Gasteiger partial charge in [-0.2, -0.15) is 0 Å². The van der Waals surface area contributed by atoms with Crippen LogP contribution in [0.2, 0.25) is 0 Å². The molecule has 0 aromatic heterocycles. The van der Waals surface area contributed by atoms with Gasteiger partial charge in [-0.25, -0.2) is 4.79 Å². The number of nitrogens with one attached hydrogen (secondary N) is 2. The lowest BCUT2D eigenvalue weighted by molar-refractivity contribution is -0.148. The van der Waals surface area contributed by atoms with Crippen LogP contribution in [0, 0.1) is 5.92 Å². The van der Waals surface area contributed by atoms with Crippen molar-refractivity contribution in [2.75, 3.05) is 6.61 Å². The van der Waals surface area contributed by atoms with E-state index < -0.39 is 24.0 Å². The first-order valence-corrected chi connectivity index (χ1v) is 8.84. The third-order valence-corrected chi connectivity index (χ3v) is 4.17. The van der Waals surface area contributed by atoms with E-state index in [0.29, 0.717) is 23.8 Å². The van der Waals surface area contributed by atoms with E-state index in [-0.39, 0.29) is 0 Å². The molecule has 2 amide bonds. The lowest BCUT2D eigenvalue weighted by Gasteiger charge is -2.33. The number of ether oxygens (including phenoxy) is 2. The number of hydrogen-bond acceptors (Lipinski definition) is 4. The number of carbonyl (C=O) groups is 2. The highest BCUT2D eigenvalue weighted by molar-refractivity contribution is 5.85. The van der Waals surface area contributed by atoms with Gasteiger partial charge in [-0.1, -0.05) is 43.8 Å². The second-order valence-corrected chi connectivity index (χ2v) is 6.23. The highest BCUT2D eigenvalue weighted by Gasteiger charge is 2.39. The number of esters is 1. The zero-order chi connectivity index (χ0) is 19.2. The summed E-state index contributed by atoms with van der Waals surface area (Å²) in [4.78, 5) is 24.5. The molecule has 2 atom stereocenters. The van der Waals surface area contributed by atoms with Crippen molar-refractivity contribution < 1.29 is 19.1 Å². The predicted octanol–water partition coefficient (Wildman–Crippen LogP) is 3.92. The van der Waals surface area contributed by atoms with Crippen LogP contribution < -0.4 is 15.4 Å². The molecule has 0 saturated carbocycles. The van der Waals surface area contributed by atoms with Crippen molar-refractivity contribution in [3.05, 3.63) is 72.4 Å². The first-order valence-electron chi connectivity index (χ1n) is 8.84. The van der Waals surface area contributed by atoms with Gasteiger partial charge in [0.25, 0.3) is 0 Å². The molecule has 0 unspecified atom stereocenters. The van der Waals surface area contributed by atoms with Crippen LogP contribution in [0.5, 0.6) is 11.5 Å². The minimum absolute atomic E-state index is 0.319. The summed E-state index contributed by atoms with van der Waals surface area (Å²) in [5.41, 5.74) is 1.05. The van der Waals surface area contributed by atoms with Crippen LogP contribution in [-0.4, -0.2) is 18.6 Å². The van der Waals surface area contributed by atoms with Gasteiger partial charge >= 0.3 is 12.0 Å². The average Bonchev–Trinajstić information content (AvgIpc) is 2.66. The maximum atomic E-state index is 12.5. The van der Waals surface area contributed by atoms with Gasteiger partial charge in [0.2, 0.25) is 0 Å². The van der Waals surface area contributed by atoms with Gasteiger partial charge in [0.1, 0.15) is 17.4 Å². The van der Waals surface area contributed by atoms with Crippen LogP contribution in [0.1, 0.15) is 24.9 Å². The summed E-state index contributed by atoms with van der Waals surface area (Å²) in [6.07, 6.45) is 0.718. The molecule has 6 heteroatoms. The molecule has 140 valence electrons. The summed E-state index contributed by atoms with van der Waals surface area (Å²) in [6.45, 7) is 6.08. The zero-order valence-corrected chi connectivity index (χ0v) is 15.1. The first-order chi connectivity index (χ1) is 13.1. The van der Waals surface area contributed by atoms with Gasteiger partial charge < -0.3 is 20.1 Å². The molecule has 0 aliphatic carbocycles. The molecule has 27 heavy (non-hydrogen) atoms. The van der Waals surface area contributed by atoms with Crippen molar-refractivity contribution in [3.63, 3.8) is 0 Å². The SMILES string of the molecule is C=C1NC(=O)N[C@H](c2cccc(Oc3ccccc3)c2)[C@H]1C(=O)OCCC. The summed E-state index contributed by atoms with van der Waals surface area (Å²) in [5, 5.41) is 5.36. The van der Waals surface area contributed by atoms with E-state index >= 15 is 0 Å². The van der Waals surface area contributed by atoms with Gasteiger partial charge in [-0.3, -0.25) is 4.79 Å². The Morgan fingerprint density at radius 3 is 2.59 bits per heavy atom. The largest absolute Gasteiger partial charge is 0.465 e. The fourth-order valence-electron chi connectivity index (χ4n) is 2.93. The molecule has 3 rings (SSSR count). The first kappa shape index (κ1) is 18.5. The zero-order valence-electron chi connectivity index (χ0n) is 15.1. The van der Waals surface area contributed by atoms with Crippen molar-refractivity contribution in [3.8, 4) is 11.5 Å². The van der Waals surface area contributed by atoms with E-state index in [2.05, 4.69) is 17.2 Å². The standard InChI is InChI=1S/C21H22N2O4/c1-3-12-26-20(24)18-14(2)22-21(25)23-19(18)15-8-7-11-17(13-15)27-16-9-5-4-6-10-16/h4-11,13,18-19H,2-3,12H2,1H3,(H2,22,23,25)/t18-,19+/m0/s1. The number of para-hydroxylation sites is 1. The van der Waals surface area contributed by atoms with Crippen LogP contribution >= 0.6 is 0 Å². The lowest BCUT2D eigenvalue weighted by Crippen LogP contribution is -2.51. The Kier molecular flexibility index (Phi) is 5.76. The molecule has 2 N–H and O–H groups in total. The van der Waals surface area contributed by atoms with Crippen molar-refractivity contribution in [1.82, 2.24) is 10.6 Å². The quantitative estimate of drug-likeness (QED) is 0.760. The monoisotopic (exact) mass is 366 g/mol. The molecule has 0 bridgehead atoms. The third kappa shape index (κ3) is 4.47. The highest BCUT2D eigenvalue weighted by atomic mass is 16.5. The molecule has 6 nitrogen and oxygen atoms in total. The molecule has 0 radical (unpaired) electrons. The maximum absolute atomic E-state index is 12.5. The minimum Gasteiger partial charge on any atom is -0.465 e.